The summed E-state index contributed by atoms with van der Waals surface area (Å²) in [4.78, 5) is 0. The highest BCUT2D eigenvalue weighted by atomic mass is 16.6. The van der Waals surface area contributed by atoms with Gasteiger partial charge in [-0.2, -0.15) is 5.10 Å². The van der Waals surface area contributed by atoms with E-state index in [9.17, 15) is 0 Å². The number of rotatable bonds is 1. The molecule has 2 atom stereocenters. The first-order chi connectivity index (χ1) is 6.33. The first-order valence-electron chi connectivity index (χ1n) is 4.57. The molecule has 1 aromatic heterocycles. The number of hydrogen-bond acceptors (Lipinski definition) is 3. The quantitative estimate of drug-likeness (QED) is 0.588. The molecule has 4 heteroatoms. The van der Waals surface area contributed by atoms with Crippen molar-refractivity contribution in [2.75, 3.05) is 13.2 Å². The standard InChI is InChI=1S/C9H12N2O2/c1-11-7(2-4-10-11)9-3-5-12-6-8(9)13-9/h2,4,8H,3,5-6H2,1H3/t8-,9-/m0/s1. The third-order valence-corrected chi connectivity index (χ3v) is 2.96. The molecule has 70 valence electrons. The van der Waals surface area contributed by atoms with Gasteiger partial charge >= 0.3 is 0 Å². The van der Waals surface area contributed by atoms with Crippen LogP contribution in [0.5, 0.6) is 0 Å². The molecule has 0 bridgehead atoms. The molecule has 0 radical (unpaired) electrons. The molecule has 3 rings (SSSR count). The summed E-state index contributed by atoms with van der Waals surface area (Å²) in [5.41, 5.74) is 1.12. The van der Waals surface area contributed by atoms with Crippen molar-refractivity contribution in [3.05, 3.63) is 18.0 Å². The molecule has 13 heavy (non-hydrogen) atoms. The minimum atomic E-state index is -0.0660. The largest absolute Gasteiger partial charge is 0.378 e. The van der Waals surface area contributed by atoms with Gasteiger partial charge in [-0.05, 0) is 6.07 Å². The van der Waals surface area contributed by atoms with Crippen molar-refractivity contribution in [1.29, 1.82) is 0 Å². The van der Waals surface area contributed by atoms with Gasteiger partial charge in [0.25, 0.3) is 0 Å². The molecule has 4 nitrogen and oxygen atoms in total. The number of aryl methyl sites for hydroxylation is 1. The fraction of sp³-hybridized carbons (Fsp3) is 0.667. The summed E-state index contributed by atoms with van der Waals surface area (Å²) in [5, 5.41) is 4.16. The van der Waals surface area contributed by atoms with E-state index in [1.54, 1.807) is 0 Å². The second kappa shape index (κ2) is 2.33. The molecule has 0 aromatic carbocycles. The first kappa shape index (κ1) is 7.53. The molecule has 0 unspecified atom stereocenters. The minimum Gasteiger partial charge on any atom is -0.378 e. The molecule has 2 aliphatic heterocycles. The lowest BCUT2D eigenvalue weighted by molar-refractivity contribution is 0.0960. The Hall–Kier alpha value is -0.870. The Morgan fingerprint density at radius 2 is 2.62 bits per heavy atom. The SMILES string of the molecule is Cn1nccc1[C@@]12CCOC[C@@H]1O2. The molecular weight excluding hydrogens is 168 g/mol. The molecule has 0 saturated carbocycles. The van der Waals surface area contributed by atoms with Crippen molar-refractivity contribution in [3.63, 3.8) is 0 Å². The van der Waals surface area contributed by atoms with Crippen LogP contribution in [-0.2, 0) is 22.1 Å². The lowest BCUT2D eigenvalue weighted by atomic mass is 9.96. The Morgan fingerprint density at radius 1 is 1.69 bits per heavy atom. The van der Waals surface area contributed by atoms with E-state index in [1.165, 1.54) is 5.69 Å². The summed E-state index contributed by atoms with van der Waals surface area (Å²) in [6, 6.07) is 2.03. The van der Waals surface area contributed by atoms with Crippen LogP contribution in [-0.4, -0.2) is 29.1 Å². The average molecular weight is 180 g/mol. The van der Waals surface area contributed by atoms with Crippen molar-refractivity contribution in [2.45, 2.75) is 18.1 Å². The molecule has 0 N–H and O–H groups in total. The van der Waals surface area contributed by atoms with Crippen LogP contribution >= 0.6 is 0 Å². The average Bonchev–Trinajstić information content (AvgIpc) is 2.74. The van der Waals surface area contributed by atoms with Crippen LogP contribution < -0.4 is 0 Å². The second-order valence-electron chi connectivity index (χ2n) is 3.66. The van der Waals surface area contributed by atoms with E-state index >= 15 is 0 Å². The van der Waals surface area contributed by atoms with Gasteiger partial charge in [-0.3, -0.25) is 4.68 Å². The predicted octanol–water partition coefficient (Wildman–Crippen LogP) is 0.434. The zero-order chi connectivity index (χ0) is 8.89. The third kappa shape index (κ3) is 0.899. The monoisotopic (exact) mass is 180 g/mol. The van der Waals surface area contributed by atoms with Crippen molar-refractivity contribution in [3.8, 4) is 0 Å². The Bertz CT molecular complexity index is 336. The van der Waals surface area contributed by atoms with Crippen molar-refractivity contribution in [1.82, 2.24) is 9.78 Å². The van der Waals surface area contributed by atoms with Gasteiger partial charge in [0.15, 0.2) is 0 Å². The maximum Gasteiger partial charge on any atom is 0.141 e. The maximum absolute atomic E-state index is 5.70. The summed E-state index contributed by atoms with van der Waals surface area (Å²) >= 11 is 0. The van der Waals surface area contributed by atoms with Gasteiger partial charge < -0.3 is 9.47 Å². The van der Waals surface area contributed by atoms with E-state index in [1.807, 2.05) is 24.0 Å². The number of hydrogen-bond donors (Lipinski definition) is 0. The summed E-state index contributed by atoms with van der Waals surface area (Å²) in [6.07, 6.45) is 3.03. The van der Waals surface area contributed by atoms with Gasteiger partial charge in [-0.15, -0.1) is 0 Å². The van der Waals surface area contributed by atoms with Gasteiger partial charge in [0.1, 0.15) is 11.7 Å². The molecule has 3 heterocycles. The molecule has 0 amide bonds. The lowest BCUT2D eigenvalue weighted by Gasteiger charge is -2.17. The minimum absolute atomic E-state index is 0.0660. The Labute approximate surface area is 76.4 Å². The molecule has 2 saturated heterocycles. The van der Waals surface area contributed by atoms with E-state index in [0.29, 0.717) is 0 Å². The van der Waals surface area contributed by atoms with Gasteiger partial charge in [0.2, 0.25) is 0 Å². The number of ether oxygens (including phenoxy) is 2. The summed E-state index contributed by atoms with van der Waals surface area (Å²) in [5.74, 6) is 0. The van der Waals surface area contributed by atoms with Gasteiger partial charge in [-0.1, -0.05) is 0 Å². The summed E-state index contributed by atoms with van der Waals surface area (Å²) in [7, 11) is 1.96. The van der Waals surface area contributed by atoms with Crippen molar-refractivity contribution >= 4 is 0 Å². The number of aromatic nitrogens is 2. The highest BCUT2D eigenvalue weighted by Crippen LogP contribution is 2.50. The molecule has 0 spiro atoms. The number of epoxide rings is 1. The maximum atomic E-state index is 5.70. The van der Waals surface area contributed by atoms with E-state index in [-0.39, 0.29) is 11.7 Å². The molecule has 2 aliphatic rings. The Balaban J connectivity index is 1.97. The normalized spacial score (nSPS) is 37.2. The fourth-order valence-corrected chi connectivity index (χ4v) is 2.16. The van der Waals surface area contributed by atoms with Crippen LogP contribution in [0, 0.1) is 0 Å². The highest BCUT2D eigenvalue weighted by Gasteiger charge is 2.60. The Morgan fingerprint density at radius 3 is 3.31 bits per heavy atom. The molecule has 1 aromatic rings. The summed E-state index contributed by atoms with van der Waals surface area (Å²) < 4.78 is 12.9. The smallest absolute Gasteiger partial charge is 0.141 e. The van der Waals surface area contributed by atoms with E-state index in [4.69, 9.17) is 9.47 Å². The number of nitrogens with zero attached hydrogens (tertiary/aromatic N) is 2. The topological polar surface area (TPSA) is 39.6 Å². The number of fused-ring (bicyclic) bond motifs is 1. The molecule has 2 fully saturated rings. The fourth-order valence-electron chi connectivity index (χ4n) is 2.16. The van der Waals surface area contributed by atoms with Gasteiger partial charge in [-0.25, -0.2) is 0 Å². The van der Waals surface area contributed by atoms with Crippen LogP contribution in [0.15, 0.2) is 12.3 Å². The molecular formula is C9H12N2O2. The lowest BCUT2D eigenvalue weighted by Crippen LogP contribution is -2.26. The van der Waals surface area contributed by atoms with E-state index < -0.39 is 0 Å². The van der Waals surface area contributed by atoms with E-state index in [0.717, 1.165) is 19.6 Å². The Kier molecular flexibility index (Phi) is 1.35. The second-order valence-corrected chi connectivity index (χ2v) is 3.66. The van der Waals surface area contributed by atoms with Crippen LogP contribution in [0.1, 0.15) is 12.1 Å². The highest BCUT2D eigenvalue weighted by molar-refractivity contribution is 5.23. The van der Waals surface area contributed by atoms with Crippen molar-refractivity contribution in [2.24, 2.45) is 7.05 Å². The van der Waals surface area contributed by atoms with Crippen LogP contribution in [0.2, 0.25) is 0 Å². The van der Waals surface area contributed by atoms with Crippen LogP contribution in [0.3, 0.4) is 0 Å². The van der Waals surface area contributed by atoms with Gasteiger partial charge in [0.05, 0.1) is 12.3 Å². The summed E-state index contributed by atoms with van der Waals surface area (Å²) in [6.45, 7) is 1.52. The van der Waals surface area contributed by atoms with E-state index in [2.05, 4.69) is 5.10 Å². The predicted molar refractivity (Wildman–Crippen MR) is 45.2 cm³/mol. The first-order valence-corrected chi connectivity index (χ1v) is 4.57. The molecule has 0 aliphatic carbocycles. The zero-order valence-corrected chi connectivity index (χ0v) is 7.56. The van der Waals surface area contributed by atoms with Gasteiger partial charge in [0, 0.05) is 26.3 Å². The van der Waals surface area contributed by atoms with Crippen molar-refractivity contribution < 1.29 is 9.47 Å². The zero-order valence-electron chi connectivity index (χ0n) is 7.56. The van der Waals surface area contributed by atoms with Crippen LogP contribution in [0.4, 0.5) is 0 Å². The third-order valence-electron chi connectivity index (χ3n) is 2.96. The van der Waals surface area contributed by atoms with Crippen LogP contribution in [0.25, 0.3) is 0 Å².